The van der Waals surface area contributed by atoms with Crippen molar-refractivity contribution in [1.82, 2.24) is 5.32 Å². The van der Waals surface area contributed by atoms with Crippen LogP contribution in [0.2, 0.25) is 0 Å². The second kappa shape index (κ2) is 2.51. The molecule has 0 spiro atoms. The first-order valence-electron chi connectivity index (χ1n) is 4.27. The third kappa shape index (κ3) is 1.18. The van der Waals surface area contributed by atoms with Gasteiger partial charge >= 0.3 is 0 Å². The lowest BCUT2D eigenvalue weighted by atomic mass is 10.1. The predicted molar refractivity (Wildman–Crippen MR) is 39.8 cm³/mol. The van der Waals surface area contributed by atoms with Crippen LogP contribution in [0.15, 0.2) is 0 Å². The largest absolute Gasteiger partial charge is 0.395 e. The number of aliphatic hydroxyl groups excluding tert-OH is 1. The molecule has 1 heterocycles. The molecule has 2 N–H and O–H groups in total. The lowest BCUT2D eigenvalue weighted by molar-refractivity contribution is 0.250. The molecule has 2 nitrogen and oxygen atoms in total. The van der Waals surface area contributed by atoms with Crippen LogP contribution in [0.25, 0.3) is 0 Å². The molecule has 0 aromatic heterocycles. The van der Waals surface area contributed by atoms with Crippen LogP contribution < -0.4 is 5.32 Å². The molecule has 2 heteroatoms. The highest BCUT2D eigenvalue weighted by Crippen LogP contribution is 2.36. The zero-order valence-electron chi connectivity index (χ0n) is 6.21. The highest BCUT2D eigenvalue weighted by atomic mass is 16.3. The zero-order chi connectivity index (χ0) is 6.97. The van der Waals surface area contributed by atoms with E-state index in [0.717, 1.165) is 12.0 Å². The van der Waals surface area contributed by atoms with Crippen molar-refractivity contribution in [1.29, 1.82) is 0 Å². The molecule has 10 heavy (non-hydrogen) atoms. The summed E-state index contributed by atoms with van der Waals surface area (Å²) >= 11 is 0. The molecule has 0 radical (unpaired) electrons. The van der Waals surface area contributed by atoms with E-state index in [1.807, 2.05) is 0 Å². The molecule has 2 fully saturated rings. The van der Waals surface area contributed by atoms with Gasteiger partial charge in [0.15, 0.2) is 0 Å². The summed E-state index contributed by atoms with van der Waals surface area (Å²) in [7, 11) is 0. The molecular formula is C8H15NO. The van der Waals surface area contributed by atoms with E-state index in [1.54, 1.807) is 0 Å². The molecule has 1 aliphatic carbocycles. The molecule has 2 rings (SSSR count). The molecule has 58 valence electrons. The fraction of sp³-hybridized carbons (Fsp3) is 1.00. The van der Waals surface area contributed by atoms with Crippen molar-refractivity contribution in [3.05, 3.63) is 0 Å². The van der Waals surface area contributed by atoms with Crippen LogP contribution in [0.1, 0.15) is 25.7 Å². The Labute approximate surface area is 61.6 Å². The lowest BCUT2D eigenvalue weighted by Gasteiger charge is -2.10. The van der Waals surface area contributed by atoms with E-state index in [1.165, 1.54) is 25.7 Å². The number of rotatable bonds is 2. The number of nitrogens with one attached hydrogen (secondary N) is 1. The Kier molecular flexibility index (Phi) is 1.66. The summed E-state index contributed by atoms with van der Waals surface area (Å²) in [6.07, 6.45) is 5.29. The maximum atomic E-state index is 8.82. The molecule has 0 amide bonds. The Hall–Kier alpha value is -0.0800. The van der Waals surface area contributed by atoms with E-state index in [4.69, 9.17) is 5.11 Å². The van der Waals surface area contributed by atoms with E-state index in [2.05, 4.69) is 5.32 Å². The van der Waals surface area contributed by atoms with Gasteiger partial charge in [-0.05, 0) is 31.6 Å². The average molecular weight is 141 g/mol. The Morgan fingerprint density at radius 3 is 2.50 bits per heavy atom. The fourth-order valence-corrected chi connectivity index (χ4v) is 1.86. The Bertz CT molecular complexity index is 122. The smallest absolute Gasteiger partial charge is 0.0584 e. The van der Waals surface area contributed by atoms with E-state index in [0.29, 0.717) is 12.6 Å². The molecule has 0 bridgehead atoms. The summed E-state index contributed by atoms with van der Waals surface area (Å²) in [4.78, 5) is 0. The van der Waals surface area contributed by atoms with Gasteiger partial charge in [0.25, 0.3) is 0 Å². The molecule has 1 saturated carbocycles. The predicted octanol–water partition coefficient (Wildman–Crippen LogP) is 0.509. The molecule has 0 aromatic rings. The first kappa shape index (κ1) is 6.62. The number of aliphatic hydroxyl groups is 1. The van der Waals surface area contributed by atoms with E-state index in [9.17, 15) is 0 Å². The Morgan fingerprint density at radius 1 is 1.20 bits per heavy atom. The molecule has 1 aliphatic heterocycles. The zero-order valence-corrected chi connectivity index (χ0v) is 6.21. The van der Waals surface area contributed by atoms with Crippen molar-refractivity contribution in [2.75, 3.05) is 6.61 Å². The topological polar surface area (TPSA) is 32.3 Å². The van der Waals surface area contributed by atoms with Crippen LogP contribution in [0.3, 0.4) is 0 Å². The molecule has 1 saturated heterocycles. The lowest BCUT2D eigenvalue weighted by Crippen LogP contribution is -2.32. The minimum absolute atomic E-state index is 0.323. The van der Waals surface area contributed by atoms with Crippen LogP contribution in [0, 0.1) is 5.92 Å². The van der Waals surface area contributed by atoms with Gasteiger partial charge < -0.3 is 10.4 Å². The normalized spacial score (nSPS) is 40.5. The van der Waals surface area contributed by atoms with Crippen molar-refractivity contribution in [2.24, 2.45) is 5.92 Å². The first-order valence-corrected chi connectivity index (χ1v) is 4.27. The maximum absolute atomic E-state index is 8.82. The highest BCUT2D eigenvalue weighted by Gasteiger charge is 2.35. The van der Waals surface area contributed by atoms with Gasteiger partial charge in [0.1, 0.15) is 0 Å². The van der Waals surface area contributed by atoms with Gasteiger partial charge in [0.05, 0.1) is 6.61 Å². The van der Waals surface area contributed by atoms with Crippen molar-refractivity contribution in [3.63, 3.8) is 0 Å². The SMILES string of the molecule is OC[C@@H]1CC[C@H](C2CC2)N1. The maximum Gasteiger partial charge on any atom is 0.0584 e. The van der Waals surface area contributed by atoms with Gasteiger partial charge in [-0.2, -0.15) is 0 Å². The summed E-state index contributed by atoms with van der Waals surface area (Å²) in [6, 6.07) is 1.16. The van der Waals surface area contributed by atoms with Gasteiger partial charge in [-0.25, -0.2) is 0 Å². The quantitative estimate of drug-likeness (QED) is 0.587. The third-order valence-electron chi connectivity index (χ3n) is 2.69. The van der Waals surface area contributed by atoms with Crippen LogP contribution in [-0.2, 0) is 0 Å². The van der Waals surface area contributed by atoms with Crippen molar-refractivity contribution in [3.8, 4) is 0 Å². The monoisotopic (exact) mass is 141 g/mol. The summed E-state index contributed by atoms with van der Waals surface area (Å²) in [5.41, 5.74) is 0. The van der Waals surface area contributed by atoms with Gasteiger partial charge in [0, 0.05) is 12.1 Å². The van der Waals surface area contributed by atoms with Crippen molar-refractivity contribution < 1.29 is 5.11 Å². The summed E-state index contributed by atoms with van der Waals surface area (Å²) < 4.78 is 0. The van der Waals surface area contributed by atoms with Crippen LogP contribution in [0.4, 0.5) is 0 Å². The van der Waals surface area contributed by atoms with Crippen molar-refractivity contribution >= 4 is 0 Å². The minimum atomic E-state index is 0.323. The Morgan fingerprint density at radius 2 is 2.00 bits per heavy atom. The van der Waals surface area contributed by atoms with Crippen molar-refractivity contribution in [2.45, 2.75) is 37.8 Å². The van der Waals surface area contributed by atoms with E-state index < -0.39 is 0 Å². The second-order valence-electron chi connectivity index (χ2n) is 3.57. The van der Waals surface area contributed by atoms with E-state index in [-0.39, 0.29) is 0 Å². The molecule has 0 aromatic carbocycles. The summed E-state index contributed by atoms with van der Waals surface area (Å²) in [5, 5.41) is 12.3. The third-order valence-corrected chi connectivity index (χ3v) is 2.69. The van der Waals surface area contributed by atoms with Gasteiger partial charge in [0.2, 0.25) is 0 Å². The summed E-state index contributed by atoms with van der Waals surface area (Å²) in [5.74, 6) is 0.955. The average Bonchev–Trinajstić information content (AvgIpc) is 2.70. The minimum Gasteiger partial charge on any atom is -0.395 e. The number of hydrogen-bond acceptors (Lipinski definition) is 2. The van der Waals surface area contributed by atoms with Crippen LogP contribution >= 0.6 is 0 Å². The number of hydrogen-bond donors (Lipinski definition) is 2. The highest BCUT2D eigenvalue weighted by molar-refractivity contribution is 4.93. The Balaban J connectivity index is 1.81. The second-order valence-corrected chi connectivity index (χ2v) is 3.57. The summed E-state index contributed by atoms with van der Waals surface area (Å²) in [6.45, 7) is 0.323. The van der Waals surface area contributed by atoms with Gasteiger partial charge in [-0.1, -0.05) is 0 Å². The molecule has 2 aliphatic rings. The van der Waals surface area contributed by atoms with Crippen LogP contribution in [0.5, 0.6) is 0 Å². The molecular weight excluding hydrogens is 126 g/mol. The first-order chi connectivity index (χ1) is 4.90. The van der Waals surface area contributed by atoms with Gasteiger partial charge in [-0.3, -0.25) is 0 Å². The van der Waals surface area contributed by atoms with Crippen LogP contribution in [-0.4, -0.2) is 23.8 Å². The fourth-order valence-electron chi connectivity index (χ4n) is 1.86. The molecule has 2 atom stereocenters. The van der Waals surface area contributed by atoms with Gasteiger partial charge in [-0.15, -0.1) is 0 Å². The van der Waals surface area contributed by atoms with E-state index >= 15 is 0 Å². The standard InChI is InChI=1S/C8H15NO/c10-5-7-3-4-8(9-7)6-1-2-6/h6-10H,1-5H2/t7-,8+/m0/s1. The molecule has 0 unspecified atom stereocenters.